The quantitative estimate of drug-likeness (QED) is 0.555. The smallest absolute Gasteiger partial charge is 0.259 e. The maximum absolute atomic E-state index is 13.2. The molecule has 0 aliphatic carbocycles. The highest BCUT2D eigenvalue weighted by atomic mass is 19.1. The molecule has 4 rings (SSSR count). The Kier molecular flexibility index (Phi) is 4.61. The molecule has 0 bridgehead atoms. The Morgan fingerprint density at radius 3 is 2.54 bits per heavy atom. The third-order valence-electron chi connectivity index (χ3n) is 4.65. The van der Waals surface area contributed by atoms with Gasteiger partial charge in [0.1, 0.15) is 5.82 Å². The van der Waals surface area contributed by atoms with E-state index in [1.165, 1.54) is 12.1 Å². The number of nitrogens with zero attached hydrogens (tertiary/aromatic N) is 2. The molecular weight excluding hydrogens is 357 g/mol. The number of rotatable bonds is 4. The van der Waals surface area contributed by atoms with E-state index in [2.05, 4.69) is 15.5 Å². The molecule has 2 heterocycles. The van der Waals surface area contributed by atoms with Crippen molar-refractivity contribution < 1.29 is 13.7 Å². The summed E-state index contributed by atoms with van der Waals surface area (Å²) in [5.41, 5.74) is 3.67. The molecule has 6 heteroatoms. The highest BCUT2D eigenvalue weighted by molar-refractivity contribution is 6.07. The van der Waals surface area contributed by atoms with Crippen LogP contribution < -0.4 is 5.32 Å². The first-order valence-electron chi connectivity index (χ1n) is 8.91. The zero-order valence-corrected chi connectivity index (χ0v) is 15.4. The van der Waals surface area contributed by atoms with Gasteiger partial charge in [0.2, 0.25) is 0 Å². The van der Waals surface area contributed by atoms with Crippen LogP contribution in [0.2, 0.25) is 0 Å². The minimum absolute atomic E-state index is 0.271. The molecule has 1 atom stereocenters. The fourth-order valence-electron chi connectivity index (χ4n) is 3.14. The Morgan fingerprint density at radius 2 is 1.82 bits per heavy atom. The van der Waals surface area contributed by atoms with E-state index in [1.54, 1.807) is 25.1 Å². The average Bonchev–Trinajstić information content (AvgIpc) is 3.09. The minimum Gasteiger partial charge on any atom is -0.345 e. The molecule has 1 amide bonds. The van der Waals surface area contributed by atoms with Gasteiger partial charge in [0.15, 0.2) is 0 Å². The Balaban J connectivity index is 1.73. The Hall–Kier alpha value is -3.54. The molecule has 0 spiro atoms. The number of pyridine rings is 1. The van der Waals surface area contributed by atoms with Crippen molar-refractivity contribution in [3.63, 3.8) is 0 Å². The van der Waals surface area contributed by atoms with E-state index in [-0.39, 0.29) is 17.8 Å². The van der Waals surface area contributed by atoms with E-state index in [9.17, 15) is 9.18 Å². The summed E-state index contributed by atoms with van der Waals surface area (Å²) < 4.78 is 18.5. The zero-order chi connectivity index (χ0) is 19.7. The first-order valence-corrected chi connectivity index (χ1v) is 8.91. The van der Waals surface area contributed by atoms with Crippen LogP contribution in [0.15, 0.2) is 65.2 Å². The standard InChI is InChI=1S/C22H18FN3O2/c1-13(15-8-10-17(23)11-9-15)24-21(27)18-12-19(16-6-4-3-5-7-16)25-22-20(18)14(2)26-28-22/h3-13H,1-2H3,(H,24,27). The highest BCUT2D eigenvalue weighted by Crippen LogP contribution is 2.27. The van der Waals surface area contributed by atoms with Gasteiger partial charge >= 0.3 is 0 Å². The molecule has 0 radical (unpaired) electrons. The summed E-state index contributed by atoms with van der Waals surface area (Å²) in [5.74, 6) is -0.585. The van der Waals surface area contributed by atoms with E-state index in [1.807, 2.05) is 37.3 Å². The fourth-order valence-corrected chi connectivity index (χ4v) is 3.14. The maximum Gasteiger partial charge on any atom is 0.259 e. The average molecular weight is 375 g/mol. The van der Waals surface area contributed by atoms with E-state index >= 15 is 0 Å². The molecule has 2 aromatic heterocycles. The van der Waals surface area contributed by atoms with Crippen molar-refractivity contribution >= 4 is 17.0 Å². The molecule has 1 N–H and O–H groups in total. The summed E-state index contributed by atoms with van der Waals surface area (Å²) >= 11 is 0. The molecule has 0 saturated carbocycles. The van der Waals surface area contributed by atoms with Gasteiger partial charge in [-0.2, -0.15) is 0 Å². The second-order valence-corrected chi connectivity index (χ2v) is 6.62. The van der Waals surface area contributed by atoms with Crippen LogP contribution >= 0.6 is 0 Å². The topological polar surface area (TPSA) is 68.0 Å². The van der Waals surface area contributed by atoms with E-state index in [4.69, 9.17) is 4.52 Å². The van der Waals surface area contributed by atoms with Crippen LogP contribution in [-0.4, -0.2) is 16.0 Å². The molecular formula is C22H18FN3O2. The number of carbonyl (C=O) groups is 1. The minimum atomic E-state index is -0.314. The summed E-state index contributed by atoms with van der Waals surface area (Å²) in [6.07, 6.45) is 0. The predicted molar refractivity (Wildman–Crippen MR) is 104 cm³/mol. The molecule has 1 unspecified atom stereocenters. The summed E-state index contributed by atoms with van der Waals surface area (Å²) in [5, 5.41) is 7.51. The van der Waals surface area contributed by atoms with Crippen molar-refractivity contribution in [2.45, 2.75) is 19.9 Å². The maximum atomic E-state index is 13.2. The van der Waals surface area contributed by atoms with Gasteiger partial charge in [-0.05, 0) is 37.6 Å². The number of nitrogens with one attached hydrogen (secondary N) is 1. The Morgan fingerprint density at radius 1 is 1.11 bits per heavy atom. The summed E-state index contributed by atoms with van der Waals surface area (Å²) in [4.78, 5) is 17.6. The van der Waals surface area contributed by atoms with Crippen LogP contribution in [0.5, 0.6) is 0 Å². The first kappa shape index (κ1) is 17.9. The number of aromatic nitrogens is 2. The Bertz CT molecular complexity index is 1140. The molecule has 28 heavy (non-hydrogen) atoms. The number of benzene rings is 2. The number of hydrogen-bond acceptors (Lipinski definition) is 4. The first-order chi connectivity index (χ1) is 13.5. The number of hydrogen-bond donors (Lipinski definition) is 1. The molecule has 0 fully saturated rings. The summed E-state index contributed by atoms with van der Waals surface area (Å²) in [6.45, 7) is 3.62. The SMILES string of the molecule is Cc1noc2nc(-c3ccccc3)cc(C(=O)NC(C)c3ccc(F)cc3)c12. The van der Waals surface area contributed by atoms with Crippen molar-refractivity contribution in [3.8, 4) is 11.3 Å². The van der Waals surface area contributed by atoms with Crippen LogP contribution in [0.4, 0.5) is 4.39 Å². The summed E-state index contributed by atoms with van der Waals surface area (Å²) in [6, 6.07) is 17.1. The predicted octanol–water partition coefficient (Wildman–Crippen LogP) is 4.83. The van der Waals surface area contributed by atoms with Crippen LogP contribution in [0.3, 0.4) is 0 Å². The van der Waals surface area contributed by atoms with Crippen molar-refractivity contribution in [1.82, 2.24) is 15.5 Å². The number of carbonyl (C=O) groups excluding carboxylic acids is 1. The van der Waals surface area contributed by atoms with E-state index < -0.39 is 0 Å². The van der Waals surface area contributed by atoms with E-state index in [0.717, 1.165) is 11.1 Å². The lowest BCUT2D eigenvalue weighted by Crippen LogP contribution is -2.27. The lowest BCUT2D eigenvalue weighted by molar-refractivity contribution is 0.0941. The van der Waals surface area contributed by atoms with Crippen molar-refractivity contribution in [1.29, 1.82) is 0 Å². The lowest BCUT2D eigenvalue weighted by Gasteiger charge is -2.15. The van der Waals surface area contributed by atoms with Crippen LogP contribution in [0.25, 0.3) is 22.4 Å². The molecule has 0 aliphatic rings. The number of amides is 1. The van der Waals surface area contributed by atoms with Crippen LogP contribution in [-0.2, 0) is 0 Å². The van der Waals surface area contributed by atoms with Gasteiger partial charge in [-0.3, -0.25) is 4.79 Å². The fraction of sp³-hybridized carbons (Fsp3) is 0.136. The zero-order valence-electron chi connectivity index (χ0n) is 15.4. The number of halogens is 1. The van der Waals surface area contributed by atoms with Crippen molar-refractivity contribution in [2.75, 3.05) is 0 Å². The largest absolute Gasteiger partial charge is 0.345 e. The van der Waals surface area contributed by atoms with Gasteiger partial charge in [0.05, 0.1) is 28.4 Å². The van der Waals surface area contributed by atoms with Crippen LogP contribution in [0, 0.1) is 12.7 Å². The third kappa shape index (κ3) is 3.36. The molecule has 0 aliphatic heterocycles. The van der Waals surface area contributed by atoms with E-state index in [0.29, 0.717) is 28.1 Å². The highest BCUT2D eigenvalue weighted by Gasteiger charge is 2.21. The molecule has 4 aromatic rings. The summed E-state index contributed by atoms with van der Waals surface area (Å²) in [7, 11) is 0. The van der Waals surface area contributed by atoms with Gasteiger partial charge in [0.25, 0.3) is 11.6 Å². The van der Waals surface area contributed by atoms with Crippen LogP contribution in [0.1, 0.15) is 34.6 Å². The molecule has 5 nitrogen and oxygen atoms in total. The monoisotopic (exact) mass is 375 g/mol. The van der Waals surface area contributed by atoms with Gasteiger partial charge in [-0.25, -0.2) is 9.37 Å². The third-order valence-corrected chi connectivity index (χ3v) is 4.65. The number of fused-ring (bicyclic) bond motifs is 1. The molecule has 140 valence electrons. The van der Waals surface area contributed by atoms with Gasteiger partial charge in [0, 0.05) is 5.56 Å². The van der Waals surface area contributed by atoms with Gasteiger partial charge in [-0.15, -0.1) is 0 Å². The van der Waals surface area contributed by atoms with Crippen molar-refractivity contribution in [3.05, 3.63) is 83.3 Å². The Labute approximate surface area is 161 Å². The second kappa shape index (κ2) is 7.23. The lowest BCUT2D eigenvalue weighted by atomic mass is 10.0. The second-order valence-electron chi connectivity index (χ2n) is 6.62. The van der Waals surface area contributed by atoms with Crippen molar-refractivity contribution in [2.24, 2.45) is 0 Å². The normalized spacial score (nSPS) is 12.1. The van der Waals surface area contributed by atoms with Gasteiger partial charge in [-0.1, -0.05) is 47.6 Å². The molecule has 0 saturated heterocycles. The molecule has 2 aromatic carbocycles. The number of aryl methyl sites for hydroxylation is 1. The van der Waals surface area contributed by atoms with Gasteiger partial charge < -0.3 is 9.84 Å².